The molecule has 0 saturated carbocycles. The number of nitrogens with one attached hydrogen (secondary N) is 1. The van der Waals surface area contributed by atoms with Gasteiger partial charge in [0.15, 0.2) is 11.5 Å². The molecule has 0 radical (unpaired) electrons. The predicted molar refractivity (Wildman–Crippen MR) is 117 cm³/mol. The van der Waals surface area contributed by atoms with Crippen molar-refractivity contribution in [2.24, 2.45) is 0 Å². The van der Waals surface area contributed by atoms with Gasteiger partial charge in [0.25, 0.3) is 5.91 Å². The molecular formula is C25H27NO4. The fourth-order valence-electron chi connectivity index (χ4n) is 3.14. The Labute approximate surface area is 177 Å². The van der Waals surface area contributed by atoms with Gasteiger partial charge in [0.2, 0.25) is 0 Å². The molecule has 0 heterocycles. The van der Waals surface area contributed by atoms with Gasteiger partial charge in [-0.25, -0.2) is 0 Å². The maximum Gasteiger partial charge on any atom is 0.255 e. The second-order valence-electron chi connectivity index (χ2n) is 6.82. The summed E-state index contributed by atoms with van der Waals surface area (Å²) in [5, 5.41) is 2.98. The number of para-hydroxylation sites is 1. The first kappa shape index (κ1) is 21.2. The standard InChI is InChI=1S/C25H27NO4/c1-28-23-15-14-19(17-24(23)29-2)11-8-16-26-25(27)21-12-6-7-13-22(21)30-18-20-9-4-3-5-10-20/h3-7,9-10,12-15,17H,8,11,16,18H2,1-2H3,(H,26,27). The van der Waals surface area contributed by atoms with Crippen molar-refractivity contribution in [3.63, 3.8) is 0 Å². The summed E-state index contributed by atoms with van der Waals surface area (Å²) in [6.45, 7) is 0.991. The van der Waals surface area contributed by atoms with Gasteiger partial charge in [-0.3, -0.25) is 4.79 Å². The highest BCUT2D eigenvalue weighted by Gasteiger charge is 2.12. The number of methoxy groups -OCH3 is 2. The number of hydrogen-bond acceptors (Lipinski definition) is 4. The molecule has 3 rings (SSSR count). The number of benzene rings is 3. The molecule has 156 valence electrons. The largest absolute Gasteiger partial charge is 0.493 e. The summed E-state index contributed by atoms with van der Waals surface area (Å²) in [4.78, 5) is 12.6. The lowest BCUT2D eigenvalue weighted by Crippen LogP contribution is -2.25. The van der Waals surface area contributed by atoms with E-state index in [2.05, 4.69) is 5.32 Å². The molecular weight excluding hydrogens is 378 g/mol. The predicted octanol–water partition coefficient (Wildman–Crippen LogP) is 4.65. The third-order valence-corrected chi connectivity index (χ3v) is 4.74. The highest BCUT2D eigenvalue weighted by atomic mass is 16.5. The van der Waals surface area contributed by atoms with E-state index in [-0.39, 0.29) is 5.91 Å². The monoisotopic (exact) mass is 405 g/mol. The van der Waals surface area contributed by atoms with Gasteiger partial charge in [-0.1, -0.05) is 48.5 Å². The first-order chi connectivity index (χ1) is 14.7. The zero-order chi connectivity index (χ0) is 21.2. The molecule has 0 fully saturated rings. The molecule has 0 bridgehead atoms. The zero-order valence-electron chi connectivity index (χ0n) is 17.4. The molecule has 3 aromatic rings. The van der Waals surface area contributed by atoms with Crippen molar-refractivity contribution in [2.45, 2.75) is 19.4 Å². The summed E-state index contributed by atoms with van der Waals surface area (Å²) in [5.74, 6) is 1.87. The first-order valence-electron chi connectivity index (χ1n) is 9.96. The molecule has 0 aliphatic carbocycles. The summed E-state index contributed by atoms with van der Waals surface area (Å²) < 4.78 is 16.5. The molecule has 1 N–H and O–H groups in total. The van der Waals surface area contributed by atoms with Crippen LogP contribution >= 0.6 is 0 Å². The Bertz CT molecular complexity index is 956. The summed E-state index contributed by atoms with van der Waals surface area (Å²) in [7, 11) is 3.24. The molecule has 3 aromatic carbocycles. The van der Waals surface area contributed by atoms with Gasteiger partial charge in [0.1, 0.15) is 12.4 Å². The maximum absolute atomic E-state index is 12.6. The van der Waals surface area contributed by atoms with Crippen molar-refractivity contribution < 1.29 is 19.0 Å². The van der Waals surface area contributed by atoms with Crippen LogP contribution in [-0.4, -0.2) is 26.7 Å². The van der Waals surface area contributed by atoms with Crippen molar-refractivity contribution in [2.75, 3.05) is 20.8 Å². The molecule has 0 saturated heterocycles. The number of hydrogen-bond donors (Lipinski definition) is 1. The second-order valence-corrected chi connectivity index (χ2v) is 6.82. The van der Waals surface area contributed by atoms with E-state index in [1.807, 2.05) is 66.7 Å². The van der Waals surface area contributed by atoms with E-state index in [9.17, 15) is 4.79 Å². The lowest BCUT2D eigenvalue weighted by molar-refractivity contribution is 0.0948. The van der Waals surface area contributed by atoms with Crippen LogP contribution in [0.5, 0.6) is 17.2 Å². The molecule has 0 aromatic heterocycles. The van der Waals surface area contributed by atoms with Gasteiger partial charge in [0.05, 0.1) is 19.8 Å². The molecule has 0 unspecified atom stereocenters. The minimum absolute atomic E-state index is 0.133. The number of carbonyl (C=O) groups is 1. The third kappa shape index (κ3) is 5.77. The van der Waals surface area contributed by atoms with Gasteiger partial charge in [0, 0.05) is 6.54 Å². The molecule has 5 nitrogen and oxygen atoms in total. The molecule has 30 heavy (non-hydrogen) atoms. The van der Waals surface area contributed by atoms with Crippen LogP contribution in [0.4, 0.5) is 0 Å². The zero-order valence-corrected chi connectivity index (χ0v) is 17.4. The minimum Gasteiger partial charge on any atom is -0.493 e. The van der Waals surface area contributed by atoms with Crippen LogP contribution in [0.15, 0.2) is 72.8 Å². The van der Waals surface area contributed by atoms with Crippen molar-refractivity contribution >= 4 is 5.91 Å². The number of amides is 1. The fraction of sp³-hybridized carbons (Fsp3) is 0.240. The van der Waals surface area contributed by atoms with Crippen LogP contribution in [0, 0.1) is 0 Å². The van der Waals surface area contributed by atoms with Crippen molar-refractivity contribution in [1.29, 1.82) is 0 Å². The quantitative estimate of drug-likeness (QED) is 0.499. The lowest BCUT2D eigenvalue weighted by Gasteiger charge is -2.12. The molecule has 0 atom stereocenters. The van der Waals surface area contributed by atoms with Crippen LogP contribution in [0.2, 0.25) is 0 Å². The second kappa shape index (κ2) is 10.9. The topological polar surface area (TPSA) is 56.8 Å². The minimum atomic E-state index is -0.133. The van der Waals surface area contributed by atoms with Gasteiger partial charge in [-0.15, -0.1) is 0 Å². The number of aryl methyl sites for hydroxylation is 1. The van der Waals surface area contributed by atoms with E-state index in [1.54, 1.807) is 20.3 Å². The highest BCUT2D eigenvalue weighted by molar-refractivity contribution is 5.96. The van der Waals surface area contributed by atoms with Gasteiger partial charge >= 0.3 is 0 Å². The van der Waals surface area contributed by atoms with E-state index in [0.29, 0.717) is 36.0 Å². The Morgan fingerprint density at radius 1 is 0.800 bits per heavy atom. The van der Waals surface area contributed by atoms with Crippen LogP contribution in [-0.2, 0) is 13.0 Å². The Hall–Kier alpha value is -3.47. The fourth-order valence-corrected chi connectivity index (χ4v) is 3.14. The number of rotatable bonds is 10. The summed E-state index contributed by atoms with van der Waals surface area (Å²) in [6.07, 6.45) is 1.64. The van der Waals surface area contributed by atoms with Gasteiger partial charge in [-0.05, 0) is 48.2 Å². The van der Waals surface area contributed by atoms with E-state index in [1.165, 1.54) is 0 Å². The first-order valence-corrected chi connectivity index (χ1v) is 9.96. The highest BCUT2D eigenvalue weighted by Crippen LogP contribution is 2.28. The number of ether oxygens (including phenoxy) is 3. The van der Waals surface area contributed by atoms with E-state index in [4.69, 9.17) is 14.2 Å². The molecule has 5 heteroatoms. The van der Waals surface area contributed by atoms with Crippen molar-refractivity contribution in [1.82, 2.24) is 5.32 Å². The Balaban J connectivity index is 1.51. The SMILES string of the molecule is COc1ccc(CCCNC(=O)c2ccccc2OCc2ccccc2)cc1OC. The Kier molecular flexibility index (Phi) is 7.72. The molecule has 0 aliphatic heterocycles. The van der Waals surface area contributed by atoms with Crippen LogP contribution in [0.1, 0.15) is 27.9 Å². The third-order valence-electron chi connectivity index (χ3n) is 4.74. The molecule has 0 spiro atoms. The smallest absolute Gasteiger partial charge is 0.255 e. The molecule has 1 amide bonds. The van der Waals surface area contributed by atoms with E-state index >= 15 is 0 Å². The van der Waals surface area contributed by atoms with Crippen molar-refractivity contribution in [3.05, 3.63) is 89.5 Å². The summed E-state index contributed by atoms with van der Waals surface area (Å²) in [6, 6.07) is 23.1. The maximum atomic E-state index is 12.6. The average Bonchev–Trinajstić information content (AvgIpc) is 2.81. The van der Waals surface area contributed by atoms with Gasteiger partial charge in [-0.2, -0.15) is 0 Å². The van der Waals surface area contributed by atoms with Crippen LogP contribution in [0.25, 0.3) is 0 Å². The Morgan fingerprint density at radius 2 is 1.53 bits per heavy atom. The van der Waals surface area contributed by atoms with Crippen LogP contribution < -0.4 is 19.5 Å². The van der Waals surface area contributed by atoms with Crippen LogP contribution in [0.3, 0.4) is 0 Å². The summed E-state index contributed by atoms with van der Waals surface area (Å²) in [5.41, 5.74) is 2.73. The Morgan fingerprint density at radius 3 is 2.30 bits per heavy atom. The van der Waals surface area contributed by atoms with Gasteiger partial charge < -0.3 is 19.5 Å². The van der Waals surface area contributed by atoms with E-state index < -0.39 is 0 Å². The van der Waals surface area contributed by atoms with E-state index in [0.717, 1.165) is 24.0 Å². The van der Waals surface area contributed by atoms with Crippen molar-refractivity contribution in [3.8, 4) is 17.2 Å². The lowest BCUT2D eigenvalue weighted by atomic mass is 10.1. The normalized spacial score (nSPS) is 10.3. The number of carbonyl (C=O) groups excluding carboxylic acids is 1. The summed E-state index contributed by atoms with van der Waals surface area (Å²) >= 11 is 0. The molecule has 0 aliphatic rings. The average molecular weight is 405 g/mol.